The lowest BCUT2D eigenvalue weighted by Crippen LogP contribution is -2.11. The van der Waals surface area contributed by atoms with Gasteiger partial charge in [-0.3, -0.25) is 4.98 Å². The van der Waals surface area contributed by atoms with Gasteiger partial charge in [0.2, 0.25) is 5.76 Å². The second-order valence-corrected chi connectivity index (χ2v) is 6.31. The molecule has 0 aliphatic rings. The van der Waals surface area contributed by atoms with Crippen LogP contribution in [0.3, 0.4) is 0 Å². The van der Waals surface area contributed by atoms with Crippen molar-refractivity contribution in [1.29, 1.82) is 0 Å². The van der Waals surface area contributed by atoms with E-state index in [4.69, 9.17) is 13.9 Å². The third kappa shape index (κ3) is 3.75. The quantitative estimate of drug-likeness (QED) is 0.581. The molecule has 0 bridgehead atoms. The van der Waals surface area contributed by atoms with Crippen molar-refractivity contribution < 1.29 is 23.5 Å². The van der Waals surface area contributed by atoms with Gasteiger partial charge in [0.25, 0.3) is 0 Å². The van der Waals surface area contributed by atoms with Crippen molar-refractivity contribution in [3.05, 3.63) is 57.8 Å². The van der Waals surface area contributed by atoms with E-state index in [1.54, 1.807) is 32.0 Å². The zero-order valence-electron chi connectivity index (χ0n) is 14.1. The third-order valence-electron chi connectivity index (χ3n) is 3.55. The number of furan rings is 1. The number of hydrogen-bond donors (Lipinski definition) is 0. The highest BCUT2D eigenvalue weighted by Gasteiger charge is 2.23. The van der Waals surface area contributed by atoms with Crippen LogP contribution in [0.2, 0.25) is 0 Å². The van der Waals surface area contributed by atoms with E-state index in [0.717, 1.165) is 4.47 Å². The molecule has 2 aromatic heterocycles. The Morgan fingerprint density at radius 2 is 1.96 bits per heavy atom. The van der Waals surface area contributed by atoms with Gasteiger partial charge in [0.15, 0.2) is 5.69 Å². The largest absolute Gasteiger partial charge is 0.460 e. The second-order valence-electron chi connectivity index (χ2n) is 5.39. The molecule has 0 N–H and O–H groups in total. The molecular formula is C18H15BrN2O5. The smallest absolute Gasteiger partial charge is 0.374 e. The Balaban J connectivity index is 1.90. The molecule has 0 saturated heterocycles. The first-order chi connectivity index (χ1) is 12.5. The fourth-order valence-electron chi connectivity index (χ4n) is 2.34. The van der Waals surface area contributed by atoms with Crippen molar-refractivity contribution >= 4 is 38.8 Å². The number of rotatable bonds is 5. The zero-order valence-corrected chi connectivity index (χ0v) is 15.7. The number of carbonyl (C=O) groups excluding carboxylic acids is 2. The summed E-state index contributed by atoms with van der Waals surface area (Å²) in [5.41, 5.74) is 1.71. The summed E-state index contributed by atoms with van der Waals surface area (Å²) < 4.78 is 16.7. The highest BCUT2D eigenvalue weighted by Crippen LogP contribution is 2.30. The summed E-state index contributed by atoms with van der Waals surface area (Å²) >= 11 is 3.38. The van der Waals surface area contributed by atoms with E-state index in [9.17, 15) is 9.59 Å². The fourth-order valence-corrected chi connectivity index (χ4v) is 2.70. The number of carbonyl (C=O) groups is 2. The van der Waals surface area contributed by atoms with Crippen molar-refractivity contribution in [1.82, 2.24) is 9.97 Å². The highest BCUT2D eigenvalue weighted by atomic mass is 79.9. The van der Waals surface area contributed by atoms with Gasteiger partial charge in [-0.05, 0) is 32.0 Å². The standard InChI is InChI=1S/C18H15BrN2O5/c1-3-24-18(23)16-13(12-6-11(19)4-5-15(12)26-16)9-25-17(22)14-8-20-10(2)7-21-14/h4-8H,3,9H2,1-2H3. The molecule has 134 valence electrons. The maximum absolute atomic E-state index is 12.2. The van der Waals surface area contributed by atoms with E-state index in [2.05, 4.69) is 25.9 Å². The summed E-state index contributed by atoms with van der Waals surface area (Å²) in [6.45, 7) is 3.51. The molecule has 0 atom stereocenters. The maximum Gasteiger partial charge on any atom is 0.374 e. The van der Waals surface area contributed by atoms with Crippen LogP contribution in [0, 0.1) is 6.92 Å². The van der Waals surface area contributed by atoms with Gasteiger partial charge in [0.05, 0.1) is 24.1 Å². The minimum atomic E-state index is -0.642. The number of nitrogens with zero attached hydrogens (tertiary/aromatic N) is 2. The van der Waals surface area contributed by atoms with E-state index < -0.39 is 11.9 Å². The topological polar surface area (TPSA) is 91.5 Å². The number of ether oxygens (including phenoxy) is 2. The van der Waals surface area contributed by atoms with Gasteiger partial charge in [-0.25, -0.2) is 14.6 Å². The zero-order chi connectivity index (χ0) is 18.7. The molecule has 26 heavy (non-hydrogen) atoms. The molecule has 8 heteroatoms. The number of hydrogen-bond acceptors (Lipinski definition) is 7. The molecule has 0 radical (unpaired) electrons. The number of halogens is 1. The van der Waals surface area contributed by atoms with Crippen LogP contribution < -0.4 is 0 Å². The Bertz CT molecular complexity index is 966. The number of esters is 2. The van der Waals surface area contributed by atoms with E-state index in [-0.39, 0.29) is 24.7 Å². The van der Waals surface area contributed by atoms with Gasteiger partial charge in [0, 0.05) is 16.1 Å². The normalized spacial score (nSPS) is 10.7. The van der Waals surface area contributed by atoms with Crippen LogP contribution in [0.15, 0.2) is 39.5 Å². The van der Waals surface area contributed by atoms with Crippen molar-refractivity contribution in [2.75, 3.05) is 6.61 Å². The maximum atomic E-state index is 12.2. The first kappa shape index (κ1) is 18.1. The Hall–Kier alpha value is -2.74. The molecular weight excluding hydrogens is 404 g/mol. The van der Waals surface area contributed by atoms with E-state index in [1.807, 2.05) is 0 Å². The number of benzene rings is 1. The highest BCUT2D eigenvalue weighted by molar-refractivity contribution is 9.10. The number of aryl methyl sites for hydroxylation is 1. The summed E-state index contributed by atoms with van der Waals surface area (Å²) in [5, 5.41) is 0.658. The van der Waals surface area contributed by atoms with E-state index >= 15 is 0 Å². The fraction of sp³-hybridized carbons (Fsp3) is 0.222. The Labute approximate surface area is 157 Å². The van der Waals surface area contributed by atoms with Crippen LogP contribution in [0.5, 0.6) is 0 Å². The number of aromatic nitrogens is 2. The minimum Gasteiger partial charge on any atom is -0.460 e. The molecule has 0 spiro atoms. The molecule has 0 amide bonds. The van der Waals surface area contributed by atoms with Crippen molar-refractivity contribution in [2.45, 2.75) is 20.5 Å². The summed E-state index contributed by atoms with van der Waals surface area (Å²) in [4.78, 5) is 32.4. The average molecular weight is 419 g/mol. The van der Waals surface area contributed by atoms with Crippen molar-refractivity contribution in [3.63, 3.8) is 0 Å². The molecule has 3 aromatic rings. The molecule has 1 aromatic carbocycles. The average Bonchev–Trinajstić information content (AvgIpc) is 2.98. The summed E-state index contributed by atoms with van der Waals surface area (Å²) in [7, 11) is 0. The Morgan fingerprint density at radius 3 is 2.65 bits per heavy atom. The summed E-state index contributed by atoms with van der Waals surface area (Å²) in [6.07, 6.45) is 2.82. The molecule has 0 aliphatic carbocycles. The van der Waals surface area contributed by atoms with Gasteiger partial charge >= 0.3 is 11.9 Å². The van der Waals surface area contributed by atoms with Crippen LogP contribution >= 0.6 is 15.9 Å². The SMILES string of the molecule is CCOC(=O)c1oc2ccc(Br)cc2c1COC(=O)c1cnc(C)cn1. The molecule has 0 aliphatic heterocycles. The van der Waals surface area contributed by atoms with E-state index in [1.165, 1.54) is 12.4 Å². The first-order valence-corrected chi connectivity index (χ1v) is 8.62. The predicted molar refractivity (Wildman–Crippen MR) is 95.8 cm³/mol. The molecule has 0 saturated carbocycles. The number of fused-ring (bicyclic) bond motifs is 1. The summed E-state index contributed by atoms with van der Waals surface area (Å²) in [5.74, 6) is -1.24. The van der Waals surface area contributed by atoms with Gasteiger partial charge in [-0.15, -0.1) is 0 Å². The Kier molecular flexibility index (Phi) is 5.32. The lowest BCUT2D eigenvalue weighted by Gasteiger charge is -2.05. The molecule has 0 unspecified atom stereocenters. The van der Waals surface area contributed by atoms with Crippen molar-refractivity contribution in [3.8, 4) is 0 Å². The van der Waals surface area contributed by atoms with Gasteiger partial charge < -0.3 is 13.9 Å². The van der Waals surface area contributed by atoms with Crippen LogP contribution in [0.25, 0.3) is 11.0 Å². The van der Waals surface area contributed by atoms with Crippen LogP contribution in [0.1, 0.15) is 39.2 Å². The van der Waals surface area contributed by atoms with Crippen LogP contribution in [-0.4, -0.2) is 28.5 Å². The van der Waals surface area contributed by atoms with Gasteiger partial charge in [0.1, 0.15) is 12.2 Å². The third-order valence-corrected chi connectivity index (χ3v) is 4.04. The van der Waals surface area contributed by atoms with Gasteiger partial charge in [-0.2, -0.15) is 0 Å². The molecule has 7 nitrogen and oxygen atoms in total. The molecule has 2 heterocycles. The van der Waals surface area contributed by atoms with E-state index in [0.29, 0.717) is 22.2 Å². The lowest BCUT2D eigenvalue weighted by molar-refractivity contribution is 0.0431. The predicted octanol–water partition coefficient (Wildman–Crippen LogP) is 3.83. The van der Waals surface area contributed by atoms with Crippen molar-refractivity contribution in [2.24, 2.45) is 0 Å². The minimum absolute atomic E-state index is 0.0164. The summed E-state index contributed by atoms with van der Waals surface area (Å²) in [6, 6.07) is 5.30. The molecule has 3 rings (SSSR count). The second kappa shape index (κ2) is 7.65. The van der Waals surface area contributed by atoms with Crippen LogP contribution in [0.4, 0.5) is 0 Å². The monoisotopic (exact) mass is 418 g/mol. The van der Waals surface area contributed by atoms with Gasteiger partial charge in [-0.1, -0.05) is 15.9 Å². The lowest BCUT2D eigenvalue weighted by atomic mass is 10.1. The first-order valence-electron chi connectivity index (χ1n) is 7.83. The Morgan fingerprint density at radius 1 is 1.15 bits per heavy atom. The molecule has 0 fully saturated rings. The van der Waals surface area contributed by atoms with Crippen LogP contribution in [-0.2, 0) is 16.1 Å².